The average Bonchev–Trinajstić information content (AvgIpc) is 2.78. The second-order valence-corrected chi connectivity index (χ2v) is 8.73. The molecule has 0 aliphatic heterocycles. The highest BCUT2D eigenvalue weighted by Crippen LogP contribution is 2.43. The van der Waals surface area contributed by atoms with Crippen molar-refractivity contribution >= 4 is 17.1 Å². The Labute approximate surface area is 200 Å². The van der Waals surface area contributed by atoms with Gasteiger partial charge in [0.1, 0.15) is 28.7 Å². The van der Waals surface area contributed by atoms with Crippen LogP contribution in [0.3, 0.4) is 0 Å². The SMILES string of the molecule is Cc1cc(Oc2cccc(N(c3cc(C)c(O)cc3C)c3cc(C)c(O)cc3C)c2)ccc1O. The van der Waals surface area contributed by atoms with E-state index in [4.69, 9.17) is 4.74 Å². The molecule has 174 valence electrons. The summed E-state index contributed by atoms with van der Waals surface area (Å²) in [5.74, 6) is 2.00. The van der Waals surface area contributed by atoms with Crippen LogP contribution in [0.2, 0.25) is 0 Å². The van der Waals surface area contributed by atoms with Gasteiger partial charge in [-0.05, 0) is 117 Å². The van der Waals surface area contributed by atoms with Gasteiger partial charge in [0.25, 0.3) is 0 Å². The summed E-state index contributed by atoms with van der Waals surface area (Å²) >= 11 is 0. The Morgan fingerprint density at radius 1 is 0.529 bits per heavy atom. The molecule has 0 atom stereocenters. The van der Waals surface area contributed by atoms with Gasteiger partial charge in [0.15, 0.2) is 0 Å². The first-order chi connectivity index (χ1) is 16.1. The van der Waals surface area contributed by atoms with Crippen molar-refractivity contribution in [2.24, 2.45) is 0 Å². The smallest absolute Gasteiger partial charge is 0.129 e. The molecule has 34 heavy (non-hydrogen) atoms. The van der Waals surface area contributed by atoms with Crippen molar-refractivity contribution in [1.82, 2.24) is 0 Å². The van der Waals surface area contributed by atoms with Crippen molar-refractivity contribution in [3.05, 3.63) is 94.5 Å². The largest absolute Gasteiger partial charge is 0.508 e. The molecule has 4 aromatic rings. The molecule has 0 saturated carbocycles. The number of benzene rings is 4. The van der Waals surface area contributed by atoms with Gasteiger partial charge in [-0.2, -0.15) is 0 Å². The molecule has 4 rings (SSSR count). The molecular weight excluding hydrogens is 426 g/mol. The normalized spacial score (nSPS) is 10.9. The molecule has 0 aliphatic rings. The summed E-state index contributed by atoms with van der Waals surface area (Å²) in [6.07, 6.45) is 0. The fourth-order valence-electron chi connectivity index (χ4n) is 3.97. The highest BCUT2D eigenvalue weighted by molar-refractivity contribution is 5.82. The van der Waals surface area contributed by atoms with Crippen LogP contribution in [0.15, 0.2) is 66.7 Å². The number of aromatic hydroxyl groups is 3. The predicted octanol–water partition coefficient (Wildman–Crippen LogP) is 7.61. The third kappa shape index (κ3) is 4.50. The van der Waals surface area contributed by atoms with E-state index < -0.39 is 0 Å². The number of phenolic OH excluding ortho intramolecular Hbond substituents is 3. The van der Waals surface area contributed by atoms with Crippen LogP contribution in [-0.4, -0.2) is 15.3 Å². The first-order valence-corrected chi connectivity index (χ1v) is 11.1. The van der Waals surface area contributed by atoms with Crippen LogP contribution in [0, 0.1) is 34.6 Å². The van der Waals surface area contributed by atoms with Crippen molar-refractivity contribution in [2.45, 2.75) is 34.6 Å². The molecule has 0 saturated heterocycles. The average molecular weight is 456 g/mol. The Kier molecular flexibility index (Phi) is 6.12. The second kappa shape index (κ2) is 9.02. The maximum Gasteiger partial charge on any atom is 0.129 e. The first kappa shape index (κ1) is 23.1. The summed E-state index contributed by atoms with van der Waals surface area (Å²) in [4.78, 5) is 2.11. The number of rotatable bonds is 5. The zero-order valence-electron chi connectivity index (χ0n) is 20.0. The number of aryl methyl sites for hydroxylation is 5. The monoisotopic (exact) mass is 455 g/mol. The molecule has 0 bridgehead atoms. The highest BCUT2D eigenvalue weighted by atomic mass is 16.5. The molecule has 5 nitrogen and oxygen atoms in total. The van der Waals surface area contributed by atoms with Crippen molar-refractivity contribution in [1.29, 1.82) is 0 Å². The molecule has 3 N–H and O–H groups in total. The molecular formula is C29H29NO4. The zero-order chi connectivity index (χ0) is 24.6. The van der Waals surface area contributed by atoms with Gasteiger partial charge >= 0.3 is 0 Å². The molecule has 4 aromatic carbocycles. The van der Waals surface area contributed by atoms with Gasteiger partial charge in [-0.15, -0.1) is 0 Å². The number of hydrogen-bond acceptors (Lipinski definition) is 5. The summed E-state index contributed by atoms with van der Waals surface area (Å²) in [6, 6.07) is 20.3. The quantitative estimate of drug-likeness (QED) is 0.289. The van der Waals surface area contributed by atoms with Gasteiger partial charge < -0.3 is 25.0 Å². The molecule has 0 heterocycles. The Bertz CT molecular complexity index is 1320. The molecule has 0 radical (unpaired) electrons. The molecule has 0 aromatic heterocycles. The van der Waals surface area contributed by atoms with E-state index in [1.165, 1.54) is 0 Å². The standard InChI is InChI=1S/C29H29NO4/c1-17-14-28(32)20(4)12-25(17)30(26-13-21(5)29(33)15-18(26)2)22-7-6-8-23(16-22)34-24-9-10-27(31)19(3)11-24/h6-16,31-33H,1-5H3. The van der Waals surface area contributed by atoms with E-state index in [-0.39, 0.29) is 17.2 Å². The Balaban J connectivity index is 1.86. The molecule has 0 aliphatic carbocycles. The van der Waals surface area contributed by atoms with Gasteiger partial charge in [0.05, 0.1) is 0 Å². The van der Waals surface area contributed by atoms with Gasteiger partial charge in [0, 0.05) is 23.1 Å². The zero-order valence-corrected chi connectivity index (χ0v) is 20.0. The van der Waals surface area contributed by atoms with E-state index in [0.29, 0.717) is 11.5 Å². The minimum atomic E-state index is 0.226. The lowest BCUT2D eigenvalue weighted by Crippen LogP contribution is -2.13. The third-order valence-electron chi connectivity index (χ3n) is 5.99. The van der Waals surface area contributed by atoms with Crippen LogP contribution in [0.25, 0.3) is 0 Å². The molecule has 0 spiro atoms. The Morgan fingerprint density at radius 3 is 1.62 bits per heavy atom. The van der Waals surface area contributed by atoms with Crippen LogP contribution in [-0.2, 0) is 0 Å². The predicted molar refractivity (Wildman–Crippen MR) is 136 cm³/mol. The Morgan fingerprint density at radius 2 is 1.06 bits per heavy atom. The topological polar surface area (TPSA) is 73.2 Å². The van der Waals surface area contributed by atoms with E-state index in [1.54, 1.807) is 30.3 Å². The number of nitrogens with zero attached hydrogens (tertiary/aromatic N) is 1. The highest BCUT2D eigenvalue weighted by Gasteiger charge is 2.20. The molecule has 0 amide bonds. The third-order valence-corrected chi connectivity index (χ3v) is 5.99. The fourth-order valence-corrected chi connectivity index (χ4v) is 3.97. The van der Waals surface area contributed by atoms with E-state index in [0.717, 1.165) is 44.9 Å². The van der Waals surface area contributed by atoms with Crippen LogP contribution in [0.1, 0.15) is 27.8 Å². The van der Waals surface area contributed by atoms with Gasteiger partial charge in [-0.25, -0.2) is 0 Å². The molecule has 5 heteroatoms. The second-order valence-electron chi connectivity index (χ2n) is 8.73. The van der Waals surface area contributed by atoms with Crippen molar-refractivity contribution in [3.63, 3.8) is 0 Å². The number of phenols is 3. The lowest BCUT2D eigenvalue weighted by molar-refractivity contribution is 0.460. The summed E-state index contributed by atoms with van der Waals surface area (Å²) in [6.45, 7) is 9.50. The molecule has 0 unspecified atom stereocenters. The summed E-state index contributed by atoms with van der Waals surface area (Å²) in [5, 5.41) is 30.3. The van der Waals surface area contributed by atoms with E-state index >= 15 is 0 Å². The number of hydrogen-bond donors (Lipinski definition) is 3. The van der Waals surface area contributed by atoms with Crippen LogP contribution < -0.4 is 9.64 Å². The minimum absolute atomic E-state index is 0.226. The minimum Gasteiger partial charge on any atom is -0.508 e. The van der Waals surface area contributed by atoms with Gasteiger partial charge in [0.2, 0.25) is 0 Å². The number of anilines is 3. The van der Waals surface area contributed by atoms with Crippen LogP contribution >= 0.6 is 0 Å². The maximum absolute atomic E-state index is 10.2. The van der Waals surface area contributed by atoms with Crippen LogP contribution in [0.4, 0.5) is 17.1 Å². The van der Waals surface area contributed by atoms with E-state index in [9.17, 15) is 15.3 Å². The molecule has 0 fully saturated rings. The summed E-state index contributed by atoms with van der Waals surface area (Å²) < 4.78 is 6.11. The number of ether oxygens (including phenoxy) is 1. The van der Waals surface area contributed by atoms with Gasteiger partial charge in [-0.1, -0.05) is 6.07 Å². The lowest BCUT2D eigenvalue weighted by atomic mass is 10.0. The van der Waals surface area contributed by atoms with E-state index in [1.807, 2.05) is 71.0 Å². The van der Waals surface area contributed by atoms with Crippen molar-refractivity contribution in [3.8, 4) is 28.7 Å². The Hall–Kier alpha value is -4.12. The van der Waals surface area contributed by atoms with E-state index in [2.05, 4.69) is 4.90 Å². The fraction of sp³-hybridized carbons (Fsp3) is 0.172. The van der Waals surface area contributed by atoms with Crippen molar-refractivity contribution in [2.75, 3.05) is 4.90 Å². The van der Waals surface area contributed by atoms with Crippen LogP contribution in [0.5, 0.6) is 28.7 Å². The van der Waals surface area contributed by atoms with Crippen molar-refractivity contribution < 1.29 is 20.1 Å². The maximum atomic E-state index is 10.2. The summed E-state index contributed by atoms with van der Waals surface area (Å²) in [7, 11) is 0. The first-order valence-electron chi connectivity index (χ1n) is 11.1. The van der Waals surface area contributed by atoms with Gasteiger partial charge in [-0.3, -0.25) is 0 Å². The lowest BCUT2D eigenvalue weighted by Gasteiger charge is -2.29. The summed E-state index contributed by atoms with van der Waals surface area (Å²) in [5.41, 5.74) is 6.80.